The van der Waals surface area contributed by atoms with E-state index in [0.717, 1.165) is 37.1 Å². The van der Waals surface area contributed by atoms with Crippen molar-refractivity contribution in [3.8, 4) is 11.3 Å². The molecular weight excluding hydrogens is 610 g/mol. The van der Waals surface area contributed by atoms with Crippen LogP contribution in [0, 0.1) is 5.82 Å². The fourth-order valence-electron chi connectivity index (χ4n) is 6.21. The maximum Gasteiger partial charge on any atom is 0.344 e. The van der Waals surface area contributed by atoms with Crippen molar-refractivity contribution in [2.75, 3.05) is 4.90 Å². The molecule has 0 unspecified atom stereocenters. The zero-order valence-corrected chi connectivity index (χ0v) is 24.1. The Kier molecular flexibility index (Phi) is 6.17. The normalized spacial score (nSPS) is 22.6. The van der Waals surface area contributed by atoms with Gasteiger partial charge in [-0.3, -0.25) is 0 Å². The van der Waals surface area contributed by atoms with Crippen LogP contribution >= 0.6 is 39.1 Å². The van der Waals surface area contributed by atoms with Gasteiger partial charge in [-0.2, -0.15) is 0 Å². The summed E-state index contributed by atoms with van der Waals surface area (Å²) in [5.74, 6) is 0.610. The van der Waals surface area contributed by atoms with Gasteiger partial charge in [0.25, 0.3) is 0 Å². The summed E-state index contributed by atoms with van der Waals surface area (Å²) < 4.78 is 29.1. The van der Waals surface area contributed by atoms with Gasteiger partial charge in [0.05, 0.1) is 15.6 Å². The minimum absolute atomic E-state index is 0.131. The first kappa shape index (κ1) is 25.4. The second kappa shape index (κ2) is 9.49. The topological polar surface area (TPSA) is 73.4 Å². The number of ether oxygens (including phenoxy) is 1. The van der Waals surface area contributed by atoms with Gasteiger partial charge in [0.15, 0.2) is 11.6 Å². The molecule has 1 saturated carbocycles. The monoisotopic (exact) mass is 632 g/mol. The molecule has 3 fully saturated rings. The number of hydrogen-bond acceptors (Lipinski definition) is 6. The number of carbonyl (C=O) groups is 1. The highest BCUT2D eigenvalue weighted by Crippen LogP contribution is 2.47. The zero-order chi connectivity index (χ0) is 27.0. The van der Waals surface area contributed by atoms with E-state index in [1.165, 1.54) is 6.07 Å². The average molecular weight is 634 g/mol. The number of piperidine rings is 1. The SMILES string of the molecule is Cn1c(N2[C@@H]3CC[C@H]2C[C@@H](OC(=O)c2c(-c4c(Cl)cccc4Cl)noc2C2CC2)C3)nc2c(F)cc(Br)cc21. The smallest absolute Gasteiger partial charge is 0.344 e. The van der Waals surface area contributed by atoms with E-state index in [-0.39, 0.29) is 29.9 Å². The highest BCUT2D eigenvalue weighted by Gasteiger charge is 2.45. The average Bonchev–Trinajstić information content (AvgIpc) is 3.48. The molecule has 4 heterocycles. The molecule has 3 aliphatic rings. The Morgan fingerprint density at radius 2 is 1.82 bits per heavy atom. The van der Waals surface area contributed by atoms with Crippen molar-refractivity contribution in [2.24, 2.45) is 7.05 Å². The van der Waals surface area contributed by atoms with Crippen LogP contribution in [0.3, 0.4) is 0 Å². The Morgan fingerprint density at radius 1 is 1.13 bits per heavy atom. The minimum Gasteiger partial charge on any atom is -0.458 e. The number of nitrogens with zero attached hydrogens (tertiary/aromatic N) is 4. The number of halogens is 4. The van der Waals surface area contributed by atoms with Gasteiger partial charge in [-0.15, -0.1) is 0 Å². The summed E-state index contributed by atoms with van der Waals surface area (Å²) in [6.45, 7) is 0. The van der Waals surface area contributed by atoms with Crippen LogP contribution in [-0.2, 0) is 11.8 Å². The van der Waals surface area contributed by atoms with Gasteiger partial charge < -0.3 is 18.7 Å². The molecule has 0 spiro atoms. The molecule has 202 valence electrons. The number of aryl methyl sites for hydroxylation is 1. The molecular formula is C28H24BrCl2FN4O3. The van der Waals surface area contributed by atoms with Crippen molar-refractivity contribution in [1.29, 1.82) is 0 Å². The van der Waals surface area contributed by atoms with Crippen LogP contribution in [-0.4, -0.2) is 38.9 Å². The first-order chi connectivity index (χ1) is 18.8. The highest BCUT2D eigenvalue weighted by atomic mass is 79.9. The van der Waals surface area contributed by atoms with Gasteiger partial charge in [-0.05, 0) is 49.9 Å². The minimum atomic E-state index is -0.461. The lowest BCUT2D eigenvalue weighted by atomic mass is 9.99. The van der Waals surface area contributed by atoms with E-state index in [1.54, 1.807) is 18.2 Å². The third-order valence-corrected chi connectivity index (χ3v) is 9.23. The number of imidazole rings is 1. The van der Waals surface area contributed by atoms with Crippen molar-refractivity contribution < 1.29 is 18.4 Å². The molecule has 4 aromatic rings. The molecule has 2 bridgehead atoms. The summed E-state index contributed by atoms with van der Waals surface area (Å²) >= 11 is 16.3. The third kappa shape index (κ3) is 4.24. The molecule has 11 heteroatoms. The summed E-state index contributed by atoms with van der Waals surface area (Å²) in [7, 11) is 1.91. The van der Waals surface area contributed by atoms with E-state index in [9.17, 15) is 9.18 Å². The van der Waals surface area contributed by atoms with Gasteiger partial charge in [0, 0.05) is 47.9 Å². The van der Waals surface area contributed by atoms with Crippen molar-refractivity contribution in [3.63, 3.8) is 0 Å². The molecule has 2 aliphatic heterocycles. The number of fused-ring (bicyclic) bond motifs is 3. The Morgan fingerprint density at radius 3 is 2.49 bits per heavy atom. The molecule has 0 radical (unpaired) electrons. The predicted octanol–water partition coefficient (Wildman–Crippen LogP) is 7.67. The standard InChI is InChI=1S/C28H24BrCl2FN4O3/c1-35-21-10-14(29)9-20(32)24(21)33-28(35)36-15-7-8-16(36)12-17(11-15)38-27(37)23-25(34-39-26(23)13-5-6-13)22-18(30)3-2-4-19(22)31/h2-4,9-10,13,15-17H,5-8,11-12H2,1H3/t15-,16+,17+. The summed E-state index contributed by atoms with van der Waals surface area (Å²) in [6, 6.07) is 8.74. The lowest BCUT2D eigenvalue weighted by Crippen LogP contribution is -2.47. The Labute approximate surface area is 242 Å². The van der Waals surface area contributed by atoms with E-state index in [4.69, 9.17) is 32.5 Å². The van der Waals surface area contributed by atoms with Gasteiger partial charge in [0.1, 0.15) is 22.9 Å². The maximum atomic E-state index is 14.6. The van der Waals surface area contributed by atoms with Crippen LogP contribution < -0.4 is 4.90 Å². The van der Waals surface area contributed by atoms with Crippen molar-refractivity contribution in [3.05, 3.63) is 62.0 Å². The number of aromatic nitrogens is 3. The highest BCUT2D eigenvalue weighted by molar-refractivity contribution is 9.10. The Hall–Kier alpha value is -2.62. The van der Waals surface area contributed by atoms with Crippen molar-refractivity contribution >= 4 is 62.1 Å². The van der Waals surface area contributed by atoms with E-state index in [0.29, 0.717) is 55.5 Å². The third-order valence-electron chi connectivity index (χ3n) is 8.15. The van der Waals surface area contributed by atoms with Gasteiger partial charge in [-0.25, -0.2) is 14.2 Å². The molecule has 3 atom stereocenters. The number of anilines is 1. The summed E-state index contributed by atoms with van der Waals surface area (Å²) in [4.78, 5) is 20.6. The van der Waals surface area contributed by atoms with Crippen molar-refractivity contribution in [1.82, 2.24) is 14.7 Å². The second-order valence-electron chi connectivity index (χ2n) is 10.7. The fraction of sp³-hybridized carbons (Fsp3) is 0.393. The van der Waals surface area contributed by atoms with E-state index >= 15 is 0 Å². The molecule has 0 N–H and O–H groups in total. The van der Waals surface area contributed by atoms with Crippen LogP contribution in [0.5, 0.6) is 0 Å². The predicted molar refractivity (Wildman–Crippen MR) is 150 cm³/mol. The maximum absolute atomic E-state index is 14.6. The van der Waals surface area contributed by atoms with Gasteiger partial charge in [-0.1, -0.05) is 50.4 Å². The zero-order valence-electron chi connectivity index (χ0n) is 21.0. The number of hydrogen-bond donors (Lipinski definition) is 0. The molecule has 2 aromatic heterocycles. The lowest BCUT2D eigenvalue weighted by molar-refractivity contribution is 0.0201. The molecule has 39 heavy (non-hydrogen) atoms. The molecule has 2 saturated heterocycles. The molecule has 7 nitrogen and oxygen atoms in total. The summed E-state index contributed by atoms with van der Waals surface area (Å²) in [5.41, 5.74) is 2.20. The molecule has 1 aliphatic carbocycles. The first-order valence-corrected chi connectivity index (χ1v) is 14.6. The van der Waals surface area contributed by atoms with Crippen LogP contribution in [0.4, 0.5) is 10.3 Å². The molecule has 2 aromatic carbocycles. The number of esters is 1. The van der Waals surface area contributed by atoms with Crippen LogP contribution in [0.15, 0.2) is 39.3 Å². The van der Waals surface area contributed by atoms with E-state index in [1.807, 2.05) is 17.7 Å². The second-order valence-corrected chi connectivity index (χ2v) is 12.4. The summed E-state index contributed by atoms with van der Waals surface area (Å²) in [5, 5.41) is 5.01. The Balaban J connectivity index is 1.16. The quantitative estimate of drug-likeness (QED) is 0.210. The van der Waals surface area contributed by atoms with Gasteiger partial charge >= 0.3 is 5.97 Å². The van der Waals surface area contributed by atoms with Gasteiger partial charge in [0.2, 0.25) is 5.95 Å². The van der Waals surface area contributed by atoms with Crippen LogP contribution in [0.1, 0.15) is 60.6 Å². The number of carbonyl (C=O) groups excluding carboxylic acids is 1. The first-order valence-electron chi connectivity index (χ1n) is 13.0. The van der Waals surface area contributed by atoms with E-state index in [2.05, 4.69) is 31.0 Å². The summed E-state index contributed by atoms with van der Waals surface area (Å²) in [6.07, 6.45) is 4.81. The lowest BCUT2D eigenvalue weighted by Gasteiger charge is -2.39. The fourth-order valence-corrected chi connectivity index (χ4v) is 7.21. The Bertz CT molecular complexity index is 1600. The largest absolute Gasteiger partial charge is 0.458 e. The van der Waals surface area contributed by atoms with Crippen molar-refractivity contribution in [2.45, 2.75) is 62.6 Å². The van der Waals surface area contributed by atoms with Crippen LogP contribution in [0.25, 0.3) is 22.3 Å². The van der Waals surface area contributed by atoms with Crippen LogP contribution in [0.2, 0.25) is 10.0 Å². The number of rotatable bonds is 5. The number of benzene rings is 2. The molecule has 7 rings (SSSR count). The molecule has 0 amide bonds. The van der Waals surface area contributed by atoms with E-state index < -0.39 is 5.97 Å².